The van der Waals surface area contributed by atoms with Crippen molar-refractivity contribution in [3.8, 4) is 5.88 Å². The van der Waals surface area contributed by atoms with Crippen LogP contribution in [0.2, 0.25) is 0 Å². The first-order valence-corrected chi connectivity index (χ1v) is 5.54. The predicted octanol–water partition coefficient (Wildman–Crippen LogP) is -6.82. The average Bonchev–Trinajstić information content (AvgIpc) is 2.55. The molecule has 9 heteroatoms. The van der Waals surface area contributed by atoms with E-state index in [-0.39, 0.29) is 64.6 Å². The number of hydrogen-bond donors (Lipinski definition) is 0. The van der Waals surface area contributed by atoms with Crippen LogP contribution in [-0.4, -0.2) is 21.4 Å². The molecule has 0 saturated carbocycles. The van der Waals surface area contributed by atoms with Crippen molar-refractivity contribution in [3.05, 3.63) is 16.3 Å². The maximum absolute atomic E-state index is 11.6. The minimum atomic E-state index is -1.52. The van der Waals surface area contributed by atoms with Gasteiger partial charge in [-0.2, -0.15) is 0 Å². The molecule has 0 spiro atoms. The summed E-state index contributed by atoms with van der Waals surface area (Å²) in [6.07, 6.45) is 0.785. The Morgan fingerprint density at radius 2 is 1.89 bits per heavy atom. The minimum Gasteiger partial charge on any atom is -0.858 e. The van der Waals surface area contributed by atoms with Gasteiger partial charge in [0, 0.05) is 16.1 Å². The molecule has 0 unspecified atom stereocenters. The molecule has 2 N–H and O–H groups in total. The van der Waals surface area contributed by atoms with Crippen molar-refractivity contribution in [2.75, 3.05) is 0 Å². The number of carbonyl (C=O) groups excluding carboxylic acids is 1. The summed E-state index contributed by atoms with van der Waals surface area (Å²) in [4.78, 5) is 19.2. The third kappa shape index (κ3) is 4.12. The number of aromatic nitrogens is 2. The zero-order chi connectivity index (χ0) is 11.9. The largest absolute Gasteiger partial charge is 1.00 e. The minimum absolute atomic E-state index is 0. The van der Waals surface area contributed by atoms with Gasteiger partial charge in [0.2, 0.25) is 0 Å². The SMILES string of the molecule is CCc1sc2nc(C(=O)[O-])nc([O-])c2c1C.O.[Na+].[Na+]. The van der Waals surface area contributed by atoms with Crippen molar-refractivity contribution in [3.63, 3.8) is 0 Å². The smallest absolute Gasteiger partial charge is 0.858 e. The Morgan fingerprint density at radius 3 is 2.37 bits per heavy atom. The summed E-state index contributed by atoms with van der Waals surface area (Å²) < 4.78 is 0. The molecule has 0 aliphatic rings. The summed E-state index contributed by atoms with van der Waals surface area (Å²) in [5, 5.41) is 22.6. The van der Waals surface area contributed by atoms with Gasteiger partial charge >= 0.3 is 59.1 Å². The summed E-state index contributed by atoms with van der Waals surface area (Å²) in [5.74, 6) is -2.61. The molecule has 6 nitrogen and oxygen atoms in total. The standard InChI is InChI=1S/C10H10N2O3S.2Na.H2O/c1-3-5-4(2)6-8(13)11-7(10(14)15)12-9(6)16-5;;;/h3H2,1-2H3,(H,14,15)(H,11,12,13);;;1H2/q;2*+1;/p-2. The second-order valence-electron chi connectivity index (χ2n) is 3.32. The zero-order valence-electron chi connectivity index (χ0n) is 11.2. The Bertz CT molecular complexity index is 588. The molecule has 2 aromatic heterocycles. The number of thiophene rings is 1. The predicted molar refractivity (Wildman–Crippen MR) is 58.9 cm³/mol. The van der Waals surface area contributed by atoms with Gasteiger partial charge in [0.25, 0.3) is 0 Å². The van der Waals surface area contributed by atoms with E-state index in [1.165, 1.54) is 11.3 Å². The molecule has 0 bridgehead atoms. The Balaban J connectivity index is 0. The van der Waals surface area contributed by atoms with Crippen molar-refractivity contribution in [1.29, 1.82) is 0 Å². The van der Waals surface area contributed by atoms with Crippen molar-refractivity contribution < 1.29 is 79.6 Å². The number of aryl methyl sites for hydroxylation is 2. The molecule has 0 aliphatic carbocycles. The molecule has 19 heavy (non-hydrogen) atoms. The van der Waals surface area contributed by atoms with Crippen LogP contribution < -0.4 is 69.3 Å². The molecule has 0 saturated heterocycles. The van der Waals surface area contributed by atoms with Crippen LogP contribution in [-0.2, 0) is 6.42 Å². The van der Waals surface area contributed by atoms with E-state index in [0.717, 1.165) is 16.9 Å². The normalized spacial score (nSPS) is 9.16. The zero-order valence-corrected chi connectivity index (χ0v) is 16.1. The van der Waals surface area contributed by atoms with Gasteiger partial charge in [0.15, 0.2) is 5.82 Å². The molecule has 92 valence electrons. The molecular weight excluding hydrogens is 290 g/mol. The molecule has 0 aromatic carbocycles. The van der Waals surface area contributed by atoms with Crippen LogP contribution in [0.15, 0.2) is 0 Å². The van der Waals surface area contributed by atoms with Gasteiger partial charge < -0.3 is 20.5 Å². The van der Waals surface area contributed by atoms with Crippen LogP contribution in [0.1, 0.15) is 28.0 Å². The second-order valence-corrected chi connectivity index (χ2v) is 4.41. The van der Waals surface area contributed by atoms with Gasteiger partial charge in [-0.15, -0.1) is 11.3 Å². The fourth-order valence-corrected chi connectivity index (χ4v) is 2.68. The maximum atomic E-state index is 11.6. The van der Waals surface area contributed by atoms with Crippen molar-refractivity contribution >= 4 is 27.5 Å². The first kappa shape index (κ1) is 21.6. The van der Waals surface area contributed by atoms with Gasteiger partial charge in [0.05, 0.1) is 0 Å². The summed E-state index contributed by atoms with van der Waals surface area (Å²) in [6, 6.07) is 0. The van der Waals surface area contributed by atoms with Gasteiger partial charge in [-0.1, -0.05) is 6.92 Å². The van der Waals surface area contributed by atoms with Gasteiger partial charge in [-0.05, 0) is 18.9 Å². The van der Waals surface area contributed by atoms with E-state index >= 15 is 0 Å². The average molecular weight is 300 g/mol. The fourth-order valence-electron chi connectivity index (χ4n) is 1.58. The van der Waals surface area contributed by atoms with E-state index in [1.807, 2.05) is 13.8 Å². The number of carboxylic acid groups (broad SMARTS) is 1. The number of hydrogen-bond acceptors (Lipinski definition) is 6. The number of fused-ring (bicyclic) bond motifs is 1. The van der Waals surface area contributed by atoms with Crippen LogP contribution in [0.3, 0.4) is 0 Å². The van der Waals surface area contributed by atoms with E-state index in [2.05, 4.69) is 9.97 Å². The molecule has 0 amide bonds. The Labute approximate surface area is 158 Å². The van der Waals surface area contributed by atoms with E-state index in [9.17, 15) is 15.0 Å². The van der Waals surface area contributed by atoms with Crippen molar-refractivity contribution in [2.45, 2.75) is 20.3 Å². The van der Waals surface area contributed by atoms with E-state index in [0.29, 0.717) is 10.2 Å². The molecule has 2 heterocycles. The Morgan fingerprint density at radius 1 is 1.32 bits per heavy atom. The molecule has 0 aliphatic heterocycles. The first-order valence-electron chi connectivity index (χ1n) is 4.73. The number of aromatic carboxylic acids is 1. The third-order valence-electron chi connectivity index (χ3n) is 2.36. The van der Waals surface area contributed by atoms with Crippen molar-refractivity contribution in [2.24, 2.45) is 0 Å². The quantitative estimate of drug-likeness (QED) is 0.510. The molecular formula is C10H10N2Na2O4S. The van der Waals surface area contributed by atoms with Crippen LogP contribution in [0, 0.1) is 6.92 Å². The molecule has 0 fully saturated rings. The third-order valence-corrected chi connectivity index (χ3v) is 3.69. The Kier molecular flexibility index (Phi) is 9.69. The summed E-state index contributed by atoms with van der Waals surface area (Å²) in [5.41, 5.74) is 0.845. The molecule has 2 aromatic rings. The van der Waals surface area contributed by atoms with Crippen LogP contribution in [0.25, 0.3) is 10.2 Å². The summed E-state index contributed by atoms with van der Waals surface area (Å²) in [6.45, 7) is 3.79. The van der Waals surface area contributed by atoms with Gasteiger partial charge in [-0.3, -0.25) is 0 Å². The molecule has 0 radical (unpaired) electrons. The number of carbonyl (C=O) groups is 1. The molecule has 0 atom stereocenters. The number of carboxylic acids is 1. The van der Waals surface area contributed by atoms with Crippen LogP contribution >= 0.6 is 11.3 Å². The Hall–Kier alpha value is 0.270. The second kappa shape index (κ2) is 8.53. The van der Waals surface area contributed by atoms with E-state index < -0.39 is 17.7 Å². The topological polar surface area (TPSA) is 120 Å². The summed E-state index contributed by atoms with van der Waals surface area (Å²) >= 11 is 1.33. The monoisotopic (exact) mass is 300 g/mol. The van der Waals surface area contributed by atoms with Crippen LogP contribution in [0.4, 0.5) is 0 Å². The van der Waals surface area contributed by atoms with Gasteiger partial charge in [-0.25, -0.2) is 9.97 Å². The molecule has 2 rings (SSSR count). The van der Waals surface area contributed by atoms with E-state index in [4.69, 9.17) is 0 Å². The maximum Gasteiger partial charge on any atom is 1.00 e. The van der Waals surface area contributed by atoms with Crippen LogP contribution in [0.5, 0.6) is 5.88 Å². The first-order chi connectivity index (χ1) is 7.54. The number of rotatable bonds is 2. The van der Waals surface area contributed by atoms with E-state index in [1.54, 1.807) is 0 Å². The summed E-state index contributed by atoms with van der Waals surface area (Å²) in [7, 11) is 0. The fraction of sp³-hybridized carbons (Fsp3) is 0.300. The van der Waals surface area contributed by atoms with Crippen molar-refractivity contribution in [1.82, 2.24) is 9.97 Å². The van der Waals surface area contributed by atoms with Gasteiger partial charge in [0.1, 0.15) is 10.8 Å². The number of nitrogens with zero attached hydrogens (tertiary/aromatic N) is 2.